The van der Waals surface area contributed by atoms with Gasteiger partial charge < -0.3 is 14.6 Å². The molecule has 2 rings (SSSR count). The average Bonchev–Trinajstić information content (AvgIpc) is 2.51. The van der Waals surface area contributed by atoms with Crippen LogP contribution in [0.2, 0.25) is 5.02 Å². The minimum Gasteiger partial charge on any atom is -0.504 e. The van der Waals surface area contributed by atoms with Gasteiger partial charge in [-0.15, -0.1) is 0 Å². The minimum atomic E-state index is -1.18. The van der Waals surface area contributed by atoms with Gasteiger partial charge in [-0.3, -0.25) is 0 Å². The smallest absolute Gasteiger partial charge is 0.372 e. The lowest BCUT2D eigenvalue weighted by atomic mass is 10.1. The van der Waals surface area contributed by atoms with Crippen molar-refractivity contribution in [3.63, 3.8) is 0 Å². The number of aryl methyl sites for hydroxylation is 1. The largest absolute Gasteiger partial charge is 0.504 e. The molecule has 0 atom stereocenters. The summed E-state index contributed by atoms with van der Waals surface area (Å²) >= 11 is 5.89. The molecule has 0 unspecified atom stereocenters. The van der Waals surface area contributed by atoms with E-state index in [9.17, 15) is 9.90 Å². The highest BCUT2D eigenvalue weighted by atomic mass is 35.5. The number of furan rings is 1. The van der Waals surface area contributed by atoms with Gasteiger partial charge in [-0.2, -0.15) is 0 Å². The van der Waals surface area contributed by atoms with E-state index >= 15 is 0 Å². The molecule has 4 nitrogen and oxygen atoms in total. The molecule has 0 aliphatic heterocycles. The molecule has 15 heavy (non-hydrogen) atoms. The highest BCUT2D eigenvalue weighted by Crippen LogP contribution is 2.36. The van der Waals surface area contributed by atoms with Crippen molar-refractivity contribution in [1.29, 1.82) is 0 Å². The number of carboxylic acids is 1. The molecule has 0 saturated heterocycles. The highest BCUT2D eigenvalue weighted by Gasteiger charge is 2.20. The van der Waals surface area contributed by atoms with Gasteiger partial charge in [0.15, 0.2) is 11.3 Å². The molecule has 2 aromatic rings. The first-order valence-electron chi connectivity index (χ1n) is 4.16. The van der Waals surface area contributed by atoms with E-state index in [2.05, 4.69) is 0 Å². The molecule has 5 heteroatoms. The predicted octanol–water partition coefficient (Wildman–Crippen LogP) is 2.80. The van der Waals surface area contributed by atoms with Crippen molar-refractivity contribution < 1.29 is 19.4 Å². The van der Waals surface area contributed by atoms with Gasteiger partial charge in [-0.05, 0) is 19.1 Å². The number of carbonyl (C=O) groups is 1. The summed E-state index contributed by atoms with van der Waals surface area (Å²) in [7, 11) is 0. The van der Waals surface area contributed by atoms with E-state index in [0.29, 0.717) is 16.0 Å². The SMILES string of the molecule is Cc1c(C(=O)O)oc2c(O)ccc(Cl)c12. The van der Waals surface area contributed by atoms with Crippen molar-refractivity contribution in [1.82, 2.24) is 0 Å². The molecule has 0 saturated carbocycles. The fourth-order valence-electron chi connectivity index (χ4n) is 1.50. The molecule has 0 amide bonds. The van der Waals surface area contributed by atoms with Gasteiger partial charge in [0, 0.05) is 10.9 Å². The Kier molecular flexibility index (Phi) is 2.08. The quantitative estimate of drug-likeness (QED) is 0.784. The third-order valence-corrected chi connectivity index (χ3v) is 2.51. The lowest BCUT2D eigenvalue weighted by Gasteiger charge is -1.95. The fraction of sp³-hybridized carbons (Fsp3) is 0.100. The molecule has 1 aromatic carbocycles. The number of hydrogen-bond acceptors (Lipinski definition) is 3. The fourth-order valence-corrected chi connectivity index (χ4v) is 1.79. The van der Waals surface area contributed by atoms with Crippen molar-refractivity contribution in [2.24, 2.45) is 0 Å². The Morgan fingerprint density at radius 2 is 2.13 bits per heavy atom. The van der Waals surface area contributed by atoms with Gasteiger partial charge in [0.05, 0.1) is 5.02 Å². The van der Waals surface area contributed by atoms with Gasteiger partial charge in [-0.1, -0.05) is 11.6 Å². The van der Waals surface area contributed by atoms with Crippen LogP contribution >= 0.6 is 11.6 Å². The van der Waals surface area contributed by atoms with Crippen LogP contribution in [0.4, 0.5) is 0 Å². The lowest BCUT2D eigenvalue weighted by molar-refractivity contribution is 0.0664. The third kappa shape index (κ3) is 1.34. The highest BCUT2D eigenvalue weighted by molar-refractivity contribution is 6.36. The molecule has 0 aliphatic carbocycles. The summed E-state index contributed by atoms with van der Waals surface area (Å²) < 4.78 is 5.04. The summed E-state index contributed by atoms with van der Waals surface area (Å²) in [5.41, 5.74) is 0.524. The second kappa shape index (κ2) is 3.17. The van der Waals surface area contributed by atoms with Crippen LogP contribution in [0, 0.1) is 6.92 Å². The molecule has 0 fully saturated rings. The van der Waals surface area contributed by atoms with Crippen molar-refractivity contribution in [2.75, 3.05) is 0 Å². The summed E-state index contributed by atoms with van der Waals surface area (Å²) in [4.78, 5) is 10.8. The maximum atomic E-state index is 10.8. The Morgan fingerprint density at radius 3 is 2.67 bits per heavy atom. The molecule has 1 aromatic heterocycles. The van der Waals surface area contributed by atoms with Crippen LogP contribution in [-0.2, 0) is 0 Å². The second-order valence-electron chi connectivity index (χ2n) is 3.13. The Morgan fingerprint density at radius 1 is 1.47 bits per heavy atom. The molecule has 0 radical (unpaired) electrons. The van der Waals surface area contributed by atoms with E-state index in [-0.39, 0.29) is 17.1 Å². The normalized spacial score (nSPS) is 10.8. The first-order valence-corrected chi connectivity index (χ1v) is 4.54. The van der Waals surface area contributed by atoms with E-state index < -0.39 is 5.97 Å². The van der Waals surface area contributed by atoms with Gasteiger partial charge >= 0.3 is 5.97 Å². The summed E-state index contributed by atoms with van der Waals surface area (Å²) in [6.07, 6.45) is 0. The third-order valence-electron chi connectivity index (χ3n) is 2.20. The van der Waals surface area contributed by atoms with Crippen molar-refractivity contribution in [3.8, 4) is 5.75 Å². The molecule has 2 N–H and O–H groups in total. The average molecular weight is 227 g/mol. The Balaban J connectivity index is 2.93. The molecule has 0 bridgehead atoms. The number of halogens is 1. The van der Waals surface area contributed by atoms with Gasteiger partial charge in [0.1, 0.15) is 0 Å². The minimum absolute atomic E-state index is 0.109. The first kappa shape index (κ1) is 9.86. The zero-order valence-corrected chi connectivity index (χ0v) is 8.50. The number of hydrogen-bond donors (Lipinski definition) is 2. The van der Waals surface area contributed by atoms with Crippen molar-refractivity contribution in [3.05, 3.63) is 28.5 Å². The number of aromatic carboxylic acids is 1. The number of fused-ring (bicyclic) bond motifs is 1. The zero-order chi connectivity index (χ0) is 11.2. The Labute approximate surface area is 89.7 Å². The first-order chi connectivity index (χ1) is 7.02. The van der Waals surface area contributed by atoms with Crippen LogP contribution < -0.4 is 0 Å². The van der Waals surface area contributed by atoms with Crippen LogP contribution in [0.15, 0.2) is 16.5 Å². The maximum absolute atomic E-state index is 10.8. The number of rotatable bonds is 1. The van der Waals surface area contributed by atoms with Crippen molar-refractivity contribution in [2.45, 2.75) is 6.92 Å². The summed E-state index contributed by atoms with van der Waals surface area (Å²) in [5.74, 6) is -1.50. The van der Waals surface area contributed by atoms with Crippen LogP contribution in [0.5, 0.6) is 5.75 Å². The van der Waals surface area contributed by atoms with E-state index in [1.54, 1.807) is 6.92 Å². The standard InChI is InChI=1S/C10H7ClO4/c1-4-7-5(11)2-3-6(12)9(7)15-8(4)10(13)14/h2-3,12H,1H3,(H,13,14). The summed E-state index contributed by atoms with van der Waals surface area (Å²) in [6.45, 7) is 1.58. The van der Waals surface area contributed by atoms with Crippen LogP contribution in [0.3, 0.4) is 0 Å². The van der Waals surface area contributed by atoms with Crippen molar-refractivity contribution >= 4 is 28.5 Å². The molecular formula is C10H7ClO4. The van der Waals surface area contributed by atoms with E-state index in [1.807, 2.05) is 0 Å². The molecule has 0 aliphatic rings. The Bertz CT molecular complexity index is 556. The molecule has 1 heterocycles. The number of aromatic hydroxyl groups is 1. The zero-order valence-electron chi connectivity index (χ0n) is 7.74. The van der Waals surface area contributed by atoms with E-state index in [4.69, 9.17) is 21.1 Å². The van der Waals surface area contributed by atoms with Crippen LogP contribution in [0.1, 0.15) is 16.1 Å². The summed E-state index contributed by atoms with van der Waals surface area (Å²) in [5, 5.41) is 19.1. The molecular weight excluding hydrogens is 220 g/mol. The maximum Gasteiger partial charge on any atom is 0.372 e. The monoisotopic (exact) mass is 226 g/mol. The number of benzene rings is 1. The molecule has 78 valence electrons. The van der Waals surface area contributed by atoms with Crippen LogP contribution in [0.25, 0.3) is 11.0 Å². The predicted molar refractivity (Wildman–Crippen MR) is 54.6 cm³/mol. The lowest BCUT2D eigenvalue weighted by Crippen LogP contribution is -1.95. The van der Waals surface area contributed by atoms with Gasteiger partial charge in [0.25, 0.3) is 0 Å². The Hall–Kier alpha value is -1.68. The second-order valence-corrected chi connectivity index (χ2v) is 3.54. The summed E-state index contributed by atoms with van der Waals surface area (Å²) in [6, 6.07) is 2.85. The van der Waals surface area contributed by atoms with Crippen LogP contribution in [-0.4, -0.2) is 16.2 Å². The topological polar surface area (TPSA) is 70.7 Å². The van der Waals surface area contributed by atoms with Gasteiger partial charge in [0.2, 0.25) is 5.76 Å². The number of phenols is 1. The molecule has 0 spiro atoms. The van der Waals surface area contributed by atoms with E-state index in [0.717, 1.165) is 0 Å². The van der Waals surface area contributed by atoms with E-state index in [1.165, 1.54) is 12.1 Å². The number of phenolic OH excluding ortho intramolecular Hbond substituents is 1. The number of carboxylic acid groups (broad SMARTS) is 1. The van der Waals surface area contributed by atoms with Gasteiger partial charge in [-0.25, -0.2) is 4.79 Å².